The Kier molecular flexibility index (Phi) is 5.43. The zero-order chi connectivity index (χ0) is 18.4. The Morgan fingerprint density at radius 1 is 1.00 bits per heavy atom. The van der Waals surface area contributed by atoms with Gasteiger partial charge < -0.3 is 15.7 Å². The average Bonchev–Trinajstić information content (AvgIpc) is 2.62. The van der Waals surface area contributed by atoms with Crippen molar-refractivity contribution in [3.8, 4) is 0 Å². The summed E-state index contributed by atoms with van der Waals surface area (Å²) in [5.74, 6) is 1.01. The van der Waals surface area contributed by atoms with Gasteiger partial charge in [0.15, 0.2) is 0 Å². The van der Waals surface area contributed by atoms with E-state index in [1.54, 1.807) is 24.3 Å². The monoisotopic (exact) mass is 348 g/mol. The Morgan fingerprint density at radius 2 is 1.77 bits per heavy atom. The molecular weight excluding hydrogens is 328 g/mol. The lowest BCUT2D eigenvalue weighted by Gasteiger charge is -2.11. The van der Waals surface area contributed by atoms with Gasteiger partial charge in [0.05, 0.1) is 5.56 Å². The molecule has 1 heterocycles. The number of nitrogens with one attached hydrogen (secondary N) is 2. The fourth-order valence-corrected chi connectivity index (χ4v) is 2.58. The molecule has 0 aliphatic rings. The summed E-state index contributed by atoms with van der Waals surface area (Å²) in [4.78, 5) is 19.8. The number of carboxylic acid groups (broad SMARTS) is 1. The second-order valence-corrected chi connectivity index (χ2v) is 5.86. The number of aromatic nitrogens is 2. The molecule has 0 amide bonds. The minimum atomic E-state index is -0.962. The number of rotatable bonds is 7. The summed E-state index contributed by atoms with van der Waals surface area (Å²) in [7, 11) is 0. The molecule has 1 aromatic heterocycles. The van der Waals surface area contributed by atoms with Crippen molar-refractivity contribution < 1.29 is 9.90 Å². The molecule has 0 radical (unpaired) electrons. The highest BCUT2D eigenvalue weighted by Gasteiger charge is 2.06. The number of benzene rings is 2. The van der Waals surface area contributed by atoms with Crippen LogP contribution in [0.25, 0.3) is 0 Å². The van der Waals surface area contributed by atoms with Gasteiger partial charge in [0, 0.05) is 18.3 Å². The highest BCUT2D eigenvalue weighted by molar-refractivity contribution is 5.89. The van der Waals surface area contributed by atoms with Crippen molar-refractivity contribution in [2.45, 2.75) is 13.3 Å². The van der Waals surface area contributed by atoms with Crippen molar-refractivity contribution in [1.82, 2.24) is 9.97 Å². The van der Waals surface area contributed by atoms with E-state index in [9.17, 15) is 4.79 Å². The van der Waals surface area contributed by atoms with Crippen molar-refractivity contribution in [2.75, 3.05) is 17.2 Å². The van der Waals surface area contributed by atoms with Gasteiger partial charge in [-0.25, -0.2) is 14.8 Å². The largest absolute Gasteiger partial charge is 0.478 e. The van der Waals surface area contributed by atoms with Gasteiger partial charge in [0.1, 0.15) is 17.5 Å². The topological polar surface area (TPSA) is 87.1 Å². The molecule has 0 aliphatic carbocycles. The van der Waals surface area contributed by atoms with E-state index in [2.05, 4.69) is 32.7 Å². The van der Waals surface area contributed by atoms with Crippen LogP contribution >= 0.6 is 0 Å². The first-order chi connectivity index (χ1) is 12.6. The molecule has 0 saturated carbocycles. The first-order valence-corrected chi connectivity index (χ1v) is 8.34. The molecular formula is C20H20N4O2. The highest BCUT2D eigenvalue weighted by atomic mass is 16.4. The second kappa shape index (κ2) is 8.11. The summed E-state index contributed by atoms with van der Waals surface area (Å²) in [6, 6.07) is 18.7. The summed E-state index contributed by atoms with van der Waals surface area (Å²) in [6.45, 7) is 2.58. The second-order valence-electron chi connectivity index (χ2n) is 5.86. The van der Waals surface area contributed by atoms with Crippen molar-refractivity contribution in [3.63, 3.8) is 0 Å². The van der Waals surface area contributed by atoms with Gasteiger partial charge in [-0.05, 0) is 37.1 Å². The highest BCUT2D eigenvalue weighted by Crippen LogP contribution is 2.18. The summed E-state index contributed by atoms with van der Waals surface area (Å²) in [5, 5.41) is 15.5. The Bertz CT molecular complexity index is 897. The van der Waals surface area contributed by atoms with Gasteiger partial charge >= 0.3 is 5.97 Å². The van der Waals surface area contributed by atoms with Crippen LogP contribution in [0.1, 0.15) is 21.7 Å². The molecule has 3 N–H and O–H groups in total. The Balaban J connectivity index is 1.67. The first-order valence-electron chi connectivity index (χ1n) is 8.34. The van der Waals surface area contributed by atoms with Crippen LogP contribution in [0.3, 0.4) is 0 Å². The van der Waals surface area contributed by atoms with Crippen LogP contribution in [0.4, 0.5) is 17.3 Å². The Labute approximate surface area is 152 Å². The number of hydrogen-bond donors (Lipinski definition) is 3. The molecule has 132 valence electrons. The maximum atomic E-state index is 11.1. The van der Waals surface area contributed by atoms with Gasteiger partial charge in [0.2, 0.25) is 0 Å². The van der Waals surface area contributed by atoms with E-state index in [0.717, 1.165) is 18.8 Å². The van der Waals surface area contributed by atoms with E-state index >= 15 is 0 Å². The van der Waals surface area contributed by atoms with Crippen molar-refractivity contribution in [3.05, 3.63) is 77.6 Å². The van der Waals surface area contributed by atoms with Gasteiger partial charge in [-0.2, -0.15) is 0 Å². The number of carboxylic acids is 1. The molecule has 0 saturated heterocycles. The Hall–Kier alpha value is -3.41. The molecule has 26 heavy (non-hydrogen) atoms. The van der Waals surface area contributed by atoms with E-state index in [-0.39, 0.29) is 5.56 Å². The average molecular weight is 348 g/mol. The maximum absolute atomic E-state index is 11.1. The molecule has 0 bridgehead atoms. The molecule has 6 nitrogen and oxygen atoms in total. The summed E-state index contributed by atoms with van der Waals surface area (Å²) in [6.07, 6.45) is 0.896. The first kappa shape index (κ1) is 17.4. The quantitative estimate of drug-likeness (QED) is 0.601. The third kappa shape index (κ3) is 4.80. The molecule has 0 fully saturated rings. The SMILES string of the molecule is Cc1nc(NCCc2ccccc2)cc(Nc2cccc(C(=O)O)c2)n1. The lowest BCUT2D eigenvalue weighted by Crippen LogP contribution is -2.08. The fraction of sp³-hybridized carbons (Fsp3) is 0.150. The molecule has 2 aromatic carbocycles. The maximum Gasteiger partial charge on any atom is 0.335 e. The lowest BCUT2D eigenvalue weighted by molar-refractivity contribution is 0.0697. The van der Waals surface area contributed by atoms with Crippen LogP contribution < -0.4 is 10.6 Å². The van der Waals surface area contributed by atoms with Crippen LogP contribution in [0.2, 0.25) is 0 Å². The number of anilines is 3. The molecule has 0 atom stereocenters. The summed E-state index contributed by atoms with van der Waals surface area (Å²) in [5.41, 5.74) is 2.15. The molecule has 3 rings (SSSR count). The van der Waals surface area contributed by atoms with E-state index in [4.69, 9.17) is 5.11 Å². The van der Waals surface area contributed by atoms with E-state index in [0.29, 0.717) is 17.3 Å². The van der Waals surface area contributed by atoms with Gasteiger partial charge in [-0.1, -0.05) is 36.4 Å². The number of hydrogen-bond acceptors (Lipinski definition) is 5. The number of aryl methyl sites for hydroxylation is 1. The third-order valence-corrected chi connectivity index (χ3v) is 3.78. The standard InChI is InChI=1S/C20H20N4O2/c1-14-22-18(21-11-10-15-6-3-2-4-7-15)13-19(23-14)24-17-9-5-8-16(12-17)20(25)26/h2-9,12-13H,10-11H2,1H3,(H,25,26)(H2,21,22,23,24). The summed E-state index contributed by atoms with van der Waals surface area (Å²) >= 11 is 0. The Morgan fingerprint density at radius 3 is 2.54 bits per heavy atom. The van der Waals surface area contributed by atoms with Crippen LogP contribution in [0.5, 0.6) is 0 Å². The molecule has 6 heteroatoms. The number of carbonyl (C=O) groups is 1. The van der Waals surface area contributed by atoms with Crippen molar-refractivity contribution in [1.29, 1.82) is 0 Å². The summed E-state index contributed by atoms with van der Waals surface area (Å²) < 4.78 is 0. The van der Waals surface area contributed by atoms with Gasteiger partial charge in [-0.15, -0.1) is 0 Å². The third-order valence-electron chi connectivity index (χ3n) is 3.78. The predicted octanol–water partition coefficient (Wildman–Crippen LogP) is 3.88. The van der Waals surface area contributed by atoms with Crippen LogP contribution in [0, 0.1) is 6.92 Å². The van der Waals surface area contributed by atoms with Crippen LogP contribution in [-0.4, -0.2) is 27.6 Å². The predicted molar refractivity (Wildman–Crippen MR) is 102 cm³/mol. The molecule has 0 spiro atoms. The molecule has 0 aliphatic heterocycles. The normalized spacial score (nSPS) is 10.3. The number of aromatic carboxylic acids is 1. The van der Waals surface area contributed by atoms with Gasteiger partial charge in [0.25, 0.3) is 0 Å². The van der Waals surface area contributed by atoms with E-state index in [1.165, 1.54) is 5.56 Å². The van der Waals surface area contributed by atoms with Crippen LogP contribution in [0.15, 0.2) is 60.7 Å². The van der Waals surface area contributed by atoms with E-state index < -0.39 is 5.97 Å². The smallest absolute Gasteiger partial charge is 0.335 e. The fourth-order valence-electron chi connectivity index (χ4n) is 2.58. The zero-order valence-corrected chi connectivity index (χ0v) is 14.4. The van der Waals surface area contributed by atoms with Crippen molar-refractivity contribution >= 4 is 23.3 Å². The molecule has 0 unspecified atom stereocenters. The minimum absolute atomic E-state index is 0.224. The molecule has 3 aromatic rings. The number of nitrogens with zero attached hydrogens (tertiary/aromatic N) is 2. The van der Waals surface area contributed by atoms with Crippen LogP contribution in [-0.2, 0) is 6.42 Å². The van der Waals surface area contributed by atoms with Crippen molar-refractivity contribution in [2.24, 2.45) is 0 Å². The van der Waals surface area contributed by atoms with Gasteiger partial charge in [-0.3, -0.25) is 0 Å². The minimum Gasteiger partial charge on any atom is -0.478 e. The van der Waals surface area contributed by atoms with E-state index in [1.807, 2.05) is 31.2 Å². The zero-order valence-electron chi connectivity index (χ0n) is 14.4. The lowest BCUT2D eigenvalue weighted by atomic mass is 10.1.